The first-order valence-electron chi connectivity index (χ1n) is 3.80. The molecule has 0 atom stereocenters. The summed E-state index contributed by atoms with van der Waals surface area (Å²) < 4.78 is 0. The Hall–Kier alpha value is -1.12. The van der Waals surface area contributed by atoms with Crippen LogP contribution < -0.4 is 4.90 Å². The van der Waals surface area contributed by atoms with Gasteiger partial charge < -0.3 is 4.90 Å². The van der Waals surface area contributed by atoms with Crippen LogP contribution in [0.15, 0.2) is 6.33 Å². The number of likely N-dealkylation sites (N-methyl/N-ethyl adjacent to an activating group) is 1. The number of rotatable bonds is 0. The van der Waals surface area contributed by atoms with E-state index in [-0.39, 0.29) is 0 Å². The Morgan fingerprint density at radius 1 is 1.45 bits per heavy atom. The van der Waals surface area contributed by atoms with Crippen LogP contribution in [0.5, 0.6) is 0 Å². The van der Waals surface area contributed by atoms with E-state index in [0.29, 0.717) is 0 Å². The SMILES string of the molecule is Cc1ncnc2c1CCN2C. The van der Waals surface area contributed by atoms with Crippen LogP contribution in [0, 0.1) is 6.92 Å². The Morgan fingerprint density at radius 2 is 2.27 bits per heavy atom. The molecule has 0 fully saturated rings. The molecule has 0 aromatic carbocycles. The highest BCUT2D eigenvalue weighted by molar-refractivity contribution is 5.52. The van der Waals surface area contributed by atoms with Gasteiger partial charge in [0, 0.05) is 24.8 Å². The third-order valence-electron chi connectivity index (χ3n) is 2.20. The smallest absolute Gasteiger partial charge is 0.135 e. The molecule has 11 heavy (non-hydrogen) atoms. The molecule has 0 amide bonds. The third-order valence-corrected chi connectivity index (χ3v) is 2.20. The Kier molecular flexibility index (Phi) is 1.31. The van der Waals surface area contributed by atoms with Crippen LogP contribution in [-0.2, 0) is 6.42 Å². The first-order valence-corrected chi connectivity index (χ1v) is 3.80. The summed E-state index contributed by atoms with van der Waals surface area (Å²) in [6.45, 7) is 3.12. The largest absolute Gasteiger partial charge is 0.359 e. The van der Waals surface area contributed by atoms with Crippen LogP contribution in [0.1, 0.15) is 11.3 Å². The van der Waals surface area contributed by atoms with Crippen molar-refractivity contribution in [2.45, 2.75) is 13.3 Å². The van der Waals surface area contributed by atoms with Gasteiger partial charge in [-0.2, -0.15) is 0 Å². The average molecular weight is 149 g/mol. The molecule has 0 aliphatic carbocycles. The molecule has 2 rings (SSSR count). The molecular formula is C8H11N3. The van der Waals surface area contributed by atoms with Gasteiger partial charge in [0.25, 0.3) is 0 Å². The van der Waals surface area contributed by atoms with Gasteiger partial charge in [-0.1, -0.05) is 0 Å². The zero-order valence-corrected chi connectivity index (χ0v) is 6.83. The highest BCUT2D eigenvalue weighted by Crippen LogP contribution is 2.24. The van der Waals surface area contributed by atoms with Gasteiger partial charge >= 0.3 is 0 Å². The molecule has 0 spiro atoms. The third kappa shape index (κ3) is 0.878. The maximum Gasteiger partial charge on any atom is 0.135 e. The first-order chi connectivity index (χ1) is 5.29. The Labute approximate surface area is 66.1 Å². The standard InChI is InChI=1S/C8H11N3/c1-6-7-3-4-11(2)8(7)10-5-9-6/h5H,3-4H2,1-2H3. The fourth-order valence-corrected chi connectivity index (χ4v) is 1.49. The molecule has 0 saturated carbocycles. The summed E-state index contributed by atoms with van der Waals surface area (Å²) in [6.07, 6.45) is 2.73. The molecule has 0 saturated heterocycles. The zero-order chi connectivity index (χ0) is 7.84. The van der Waals surface area contributed by atoms with Crippen molar-refractivity contribution in [1.82, 2.24) is 9.97 Å². The van der Waals surface area contributed by atoms with E-state index in [1.807, 2.05) is 6.92 Å². The highest BCUT2D eigenvalue weighted by atomic mass is 15.2. The van der Waals surface area contributed by atoms with Crippen LogP contribution in [0.25, 0.3) is 0 Å². The minimum Gasteiger partial charge on any atom is -0.359 e. The summed E-state index contributed by atoms with van der Waals surface area (Å²) in [7, 11) is 2.07. The van der Waals surface area contributed by atoms with Crippen molar-refractivity contribution in [1.29, 1.82) is 0 Å². The van der Waals surface area contributed by atoms with E-state index in [1.165, 1.54) is 5.56 Å². The van der Waals surface area contributed by atoms with Gasteiger partial charge in [-0.05, 0) is 13.3 Å². The fourth-order valence-electron chi connectivity index (χ4n) is 1.49. The number of anilines is 1. The maximum absolute atomic E-state index is 4.22. The van der Waals surface area contributed by atoms with Crippen LogP contribution in [-0.4, -0.2) is 23.6 Å². The lowest BCUT2D eigenvalue weighted by Gasteiger charge is -2.09. The van der Waals surface area contributed by atoms with Gasteiger partial charge in [-0.15, -0.1) is 0 Å². The second-order valence-corrected chi connectivity index (χ2v) is 2.93. The van der Waals surface area contributed by atoms with Crippen molar-refractivity contribution in [3.05, 3.63) is 17.6 Å². The van der Waals surface area contributed by atoms with Gasteiger partial charge in [-0.3, -0.25) is 0 Å². The number of fused-ring (bicyclic) bond motifs is 1. The lowest BCUT2D eigenvalue weighted by Crippen LogP contribution is -2.13. The van der Waals surface area contributed by atoms with Crippen molar-refractivity contribution in [2.75, 3.05) is 18.5 Å². The molecule has 3 heteroatoms. The quantitative estimate of drug-likeness (QED) is 0.545. The van der Waals surface area contributed by atoms with Crippen molar-refractivity contribution in [2.24, 2.45) is 0 Å². The molecule has 1 aliphatic heterocycles. The summed E-state index contributed by atoms with van der Waals surface area (Å²) in [5, 5.41) is 0. The maximum atomic E-state index is 4.22. The van der Waals surface area contributed by atoms with Crippen molar-refractivity contribution >= 4 is 5.82 Å². The van der Waals surface area contributed by atoms with E-state index >= 15 is 0 Å². The molecule has 0 unspecified atom stereocenters. The number of nitrogens with zero attached hydrogens (tertiary/aromatic N) is 3. The first kappa shape index (κ1) is 6.58. The number of hydrogen-bond donors (Lipinski definition) is 0. The summed E-state index contributed by atoms with van der Waals surface area (Å²) in [6, 6.07) is 0. The van der Waals surface area contributed by atoms with Crippen LogP contribution in [0.2, 0.25) is 0 Å². The normalized spacial score (nSPS) is 15.3. The average Bonchev–Trinajstić information content (AvgIpc) is 2.35. The predicted molar refractivity (Wildman–Crippen MR) is 43.7 cm³/mol. The number of aromatic nitrogens is 2. The lowest BCUT2D eigenvalue weighted by molar-refractivity contribution is 0.944. The molecule has 0 N–H and O–H groups in total. The van der Waals surface area contributed by atoms with Gasteiger partial charge in [0.2, 0.25) is 0 Å². The number of hydrogen-bond acceptors (Lipinski definition) is 3. The van der Waals surface area contributed by atoms with E-state index in [2.05, 4.69) is 21.9 Å². The lowest BCUT2D eigenvalue weighted by atomic mass is 10.2. The second-order valence-electron chi connectivity index (χ2n) is 2.93. The van der Waals surface area contributed by atoms with Crippen molar-refractivity contribution < 1.29 is 0 Å². The Bertz CT molecular complexity index is 283. The van der Waals surface area contributed by atoms with Crippen LogP contribution in [0.4, 0.5) is 5.82 Å². The van der Waals surface area contributed by atoms with E-state index in [4.69, 9.17) is 0 Å². The second kappa shape index (κ2) is 2.19. The molecule has 1 aliphatic rings. The molecule has 0 radical (unpaired) electrons. The minimum atomic E-state index is 1.08. The summed E-state index contributed by atoms with van der Waals surface area (Å²) >= 11 is 0. The highest BCUT2D eigenvalue weighted by Gasteiger charge is 2.18. The Balaban J connectivity index is 2.57. The van der Waals surface area contributed by atoms with Crippen LogP contribution >= 0.6 is 0 Å². The van der Waals surface area contributed by atoms with Crippen LogP contribution in [0.3, 0.4) is 0 Å². The van der Waals surface area contributed by atoms with Gasteiger partial charge in [0.05, 0.1) is 0 Å². The fraction of sp³-hybridized carbons (Fsp3) is 0.500. The van der Waals surface area contributed by atoms with E-state index in [1.54, 1.807) is 6.33 Å². The molecule has 2 heterocycles. The van der Waals surface area contributed by atoms with E-state index in [0.717, 1.165) is 24.5 Å². The molecule has 1 aromatic rings. The predicted octanol–water partition coefficient (Wildman–Crippen LogP) is 0.777. The molecule has 3 nitrogen and oxygen atoms in total. The summed E-state index contributed by atoms with van der Waals surface area (Å²) in [5.74, 6) is 1.11. The van der Waals surface area contributed by atoms with Gasteiger partial charge in [0.1, 0.15) is 12.1 Å². The summed E-state index contributed by atoms with van der Waals surface area (Å²) in [4.78, 5) is 10.5. The Morgan fingerprint density at radius 3 is 3.00 bits per heavy atom. The zero-order valence-electron chi connectivity index (χ0n) is 6.83. The monoisotopic (exact) mass is 149 g/mol. The number of aryl methyl sites for hydroxylation is 1. The molecule has 58 valence electrons. The summed E-state index contributed by atoms with van der Waals surface area (Å²) in [5.41, 5.74) is 2.44. The molecular weight excluding hydrogens is 138 g/mol. The van der Waals surface area contributed by atoms with Crippen molar-refractivity contribution in [3.63, 3.8) is 0 Å². The molecule has 1 aromatic heterocycles. The molecule has 0 bridgehead atoms. The minimum absolute atomic E-state index is 1.08. The van der Waals surface area contributed by atoms with E-state index in [9.17, 15) is 0 Å². The van der Waals surface area contributed by atoms with Gasteiger partial charge in [-0.25, -0.2) is 9.97 Å². The van der Waals surface area contributed by atoms with E-state index < -0.39 is 0 Å². The van der Waals surface area contributed by atoms with Gasteiger partial charge in [0.15, 0.2) is 0 Å². The topological polar surface area (TPSA) is 29.0 Å². The van der Waals surface area contributed by atoms with Crippen molar-refractivity contribution in [3.8, 4) is 0 Å².